The highest BCUT2D eigenvalue weighted by atomic mass is 32.1. The summed E-state index contributed by atoms with van der Waals surface area (Å²) in [5.41, 5.74) is 5.45. The van der Waals surface area contributed by atoms with E-state index in [9.17, 15) is 9.59 Å². The average molecular weight is 198 g/mol. The molecule has 0 fully saturated rings. The van der Waals surface area contributed by atoms with Crippen LogP contribution in [0.3, 0.4) is 0 Å². The maximum absolute atomic E-state index is 11.3. The molecular formula is C8H10N2O2S. The summed E-state index contributed by atoms with van der Waals surface area (Å²) in [6.07, 6.45) is 0. The van der Waals surface area contributed by atoms with E-state index >= 15 is 0 Å². The number of thiophene rings is 1. The summed E-state index contributed by atoms with van der Waals surface area (Å²) in [6, 6.07) is 1.76. The van der Waals surface area contributed by atoms with Crippen molar-refractivity contribution in [3.05, 3.63) is 21.9 Å². The number of primary amides is 1. The van der Waals surface area contributed by atoms with Crippen molar-refractivity contribution in [2.45, 2.75) is 6.92 Å². The number of carbonyl (C=O) groups is 2. The third kappa shape index (κ3) is 2.87. The van der Waals surface area contributed by atoms with Gasteiger partial charge in [0.2, 0.25) is 5.91 Å². The molecule has 1 heterocycles. The normalized spacial score (nSPS) is 9.62. The Bertz CT molecular complexity index is 333. The molecule has 4 nitrogen and oxygen atoms in total. The van der Waals surface area contributed by atoms with Gasteiger partial charge in [-0.2, -0.15) is 0 Å². The fraction of sp³-hybridized carbons (Fsp3) is 0.250. The van der Waals surface area contributed by atoms with Crippen LogP contribution in [0, 0.1) is 6.92 Å². The zero-order valence-electron chi connectivity index (χ0n) is 7.16. The van der Waals surface area contributed by atoms with Crippen molar-refractivity contribution in [3.63, 3.8) is 0 Å². The Balaban J connectivity index is 2.54. The summed E-state index contributed by atoms with van der Waals surface area (Å²) in [5.74, 6) is -0.802. The van der Waals surface area contributed by atoms with Crippen LogP contribution in [0.2, 0.25) is 0 Å². The fourth-order valence-electron chi connectivity index (χ4n) is 0.832. The molecular weight excluding hydrogens is 188 g/mol. The van der Waals surface area contributed by atoms with Crippen LogP contribution >= 0.6 is 11.3 Å². The molecule has 70 valence electrons. The predicted octanol–water partition coefficient (Wildman–Crippen LogP) is 0.272. The Morgan fingerprint density at radius 3 is 2.77 bits per heavy atom. The summed E-state index contributed by atoms with van der Waals surface area (Å²) in [6.45, 7) is 1.79. The van der Waals surface area contributed by atoms with Gasteiger partial charge in [-0.25, -0.2) is 0 Å². The second-order valence-corrected chi connectivity index (χ2v) is 3.71. The number of nitrogens with one attached hydrogen (secondary N) is 1. The van der Waals surface area contributed by atoms with Crippen LogP contribution in [0.25, 0.3) is 0 Å². The van der Waals surface area contributed by atoms with Gasteiger partial charge in [-0.3, -0.25) is 9.59 Å². The molecule has 1 rings (SSSR count). The van der Waals surface area contributed by atoms with E-state index in [0.717, 1.165) is 4.88 Å². The van der Waals surface area contributed by atoms with Gasteiger partial charge >= 0.3 is 0 Å². The Morgan fingerprint density at radius 2 is 2.31 bits per heavy atom. The molecule has 0 aromatic carbocycles. The molecule has 5 heteroatoms. The summed E-state index contributed by atoms with van der Waals surface area (Å²) in [7, 11) is 0. The minimum Gasteiger partial charge on any atom is -0.368 e. The van der Waals surface area contributed by atoms with Crippen LogP contribution in [0.4, 0.5) is 0 Å². The quantitative estimate of drug-likeness (QED) is 0.731. The third-order valence-corrected chi connectivity index (χ3v) is 2.28. The van der Waals surface area contributed by atoms with E-state index in [1.54, 1.807) is 11.4 Å². The zero-order chi connectivity index (χ0) is 9.84. The standard InChI is InChI=1S/C8H10N2O2S/c1-5-2-6(4-13-5)8(12)10-3-7(9)11/h2,4H,3H2,1H3,(H2,9,11)(H,10,12). The molecule has 0 saturated carbocycles. The largest absolute Gasteiger partial charge is 0.368 e. The van der Waals surface area contributed by atoms with E-state index in [2.05, 4.69) is 5.32 Å². The van der Waals surface area contributed by atoms with Crippen molar-refractivity contribution < 1.29 is 9.59 Å². The minimum absolute atomic E-state index is 0.117. The van der Waals surface area contributed by atoms with Gasteiger partial charge in [-0.05, 0) is 13.0 Å². The van der Waals surface area contributed by atoms with Crippen molar-refractivity contribution in [1.29, 1.82) is 0 Å². The van der Waals surface area contributed by atoms with E-state index in [0.29, 0.717) is 5.56 Å². The van der Waals surface area contributed by atoms with Crippen LogP contribution in [0.5, 0.6) is 0 Å². The topological polar surface area (TPSA) is 72.2 Å². The minimum atomic E-state index is -0.541. The molecule has 0 unspecified atom stereocenters. The lowest BCUT2D eigenvalue weighted by Gasteiger charge is -1.98. The van der Waals surface area contributed by atoms with E-state index in [1.165, 1.54) is 11.3 Å². The van der Waals surface area contributed by atoms with Crippen molar-refractivity contribution in [2.75, 3.05) is 6.54 Å². The summed E-state index contributed by atoms with van der Waals surface area (Å²) >= 11 is 1.49. The van der Waals surface area contributed by atoms with Crippen molar-refractivity contribution >= 4 is 23.2 Å². The molecule has 0 aliphatic carbocycles. The number of aryl methyl sites for hydroxylation is 1. The van der Waals surface area contributed by atoms with Gasteiger partial charge in [0.15, 0.2) is 0 Å². The second-order valence-electron chi connectivity index (χ2n) is 2.60. The maximum Gasteiger partial charge on any atom is 0.252 e. The van der Waals surface area contributed by atoms with Crippen LogP contribution in [-0.4, -0.2) is 18.4 Å². The van der Waals surface area contributed by atoms with Crippen LogP contribution in [0.1, 0.15) is 15.2 Å². The lowest BCUT2D eigenvalue weighted by Crippen LogP contribution is -2.33. The van der Waals surface area contributed by atoms with Crippen LogP contribution in [0.15, 0.2) is 11.4 Å². The molecule has 3 N–H and O–H groups in total. The average Bonchev–Trinajstić information content (AvgIpc) is 2.47. The van der Waals surface area contributed by atoms with Gasteiger partial charge in [0.1, 0.15) is 0 Å². The first kappa shape index (κ1) is 9.73. The van der Waals surface area contributed by atoms with E-state index in [1.807, 2.05) is 6.92 Å². The second kappa shape index (κ2) is 4.04. The highest BCUT2D eigenvalue weighted by Gasteiger charge is 2.07. The first-order valence-electron chi connectivity index (χ1n) is 3.71. The molecule has 0 bridgehead atoms. The lowest BCUT2D eigenvalue weighted by molar-refractivity contribution is -0.117. The molecule has 0 aliphatic rings. The number of hydrogen-bond donors (Lipinski definition) is 2. The Hall–Kier alpha value is -1.36. The number of hydrogen-bond acceptors (Lipinski definition) is 3. The molecule has 1 aromatic rings. The zero-order valence-corrected chi connectivity index (χ0v) is 7.98. The van der Waals surface area contributed by atoms with Gasteiger partial charge in [0, 0.05) is 10.3 Å². The number of nitrogens with two attached hydrogens (primary N) is 1. The van der Waals surface area contributed by atoms with Crippen LogP contribution in [-0.2, 0) is 4.79 Å². The molecule has 0 spiro atoms. The van der Waals surface area contributed by atoms with E-state index < -0.39 is 5.91 Å². The summed E-state index contributed by atoms with van der Waals surface area (Å²) in [4.78, 5) is 22.7. The SMILES string of the molecule is Cc1cc(C(=O)NCC(N)=O)cs1. The third-order valence-electron chi connectivity index (χ3n) is 1.42. The van der Waals surface area contributed by atoms with Crippen LogP contribution < -0.4 is 11.1 Å². The smallest absolute Gasteiger partial charge is 0.252 e. The molecule has 0 aliphatic heterocycles. The predicted molar refractivity (Wildman–Crippen MR) is 50.6 cm³/mol. The molecule has 13 heavy (non-hydrogen) atoms. The molecule has 0 saturated heterocycles. The first-order chi connectivity index (χ1) is 6.09. The van der Waals surface area contributed by atoms with E-state index in [-0.39, 0.29) is 12.5 Å². The molecule has 0 atom stereocenters. The fourth-order valence-corrected chi connectivity index (χ4v) is 1.51. The van der Waals surface area contributed by atoms with Crippen molar-refractivity contribution in [3.8, 4) is 0 Å². The van der Waals surface area contributed by atoms with Gasteiger partial charge in [-0.15, -0.1) is 11.3 Å². The van der Waals surface area contributed by atoms with Gasteiger partial charge < -0.3 is 11.1 Å². The highest BCUT2D eigenvalue weighted by molar-refractivity contribution is 7.10. The Labute approximate surface area is 79.7 Å². The Kier molecular flexibility index (Phi) is 3.02. The number of carbonyl (C=O) groups excluding carboxylic acids is 2. The van der Waals surface area contributed by atoms with Gasteiger partial charge in [0.25, 0.3) is 5.91 Å². The maximum atomic E-state index is 11.3. The van der Waals surface area contributed by atoms with E-state index in [4.69, 9.17) is 5.73 Å². The first-order valence-corrected chi connectivity index (χ1v) is 4.59. The molecule has 1 aromatic heterocycles. The van der Waals surface area contributed by atoms with Crippen molar-refractivity contribution in [2.24, 2.45) is 5.73 Å². The summed E-state index contributed by atoms with van der Waals surface area (Å²) < 4.78 is 0. The highest BCUT2D eigenvalue weighted by Crippen LogP contribution is 2.12. The van der Waals surface area contributed by atoms with Gasteiger partial charge in [-0.1, -0.05) is 0 Å². The molecule has 2 amide bonds. The monoisotopic (exact) mass is 198 g/mol. The summed E-state index contributed by atoms with van der Waals surface area (Å²) in [5, 5.41) is 4.15. The Morgan fingerprint density at radius 1 is 1.62 bits per heavy atom. The van der Waals surface area contributed by atoms with Gasteiger partial charge in [0.05, 0.1) is 12.1 Å². The van der Waals surface area contributed by atoms with Crippen molar-refractivity contribution in [1.82, 2.24) is 5.32 Å². The number of amides is 2. The lowest BCUT2D eigenvalue weighted by atomic mass is 10.3. The molecule has 0 radical (unpaired) electrons. The number of rotatable bonds is 3.